The van der Waals surface area contributed by atoms with E-state index < -0.39 is 0 Å². The molecule has 1 fully saturated rings. The van der Waals surface area contributed by atoms with E-state index in [1.54, 1.807) is 0 Å². The number of aryl methyl sites for hydroxylation is 1. The van der Waals surface area contributed by atoms with Crippen LogP contribution in [0, 0.1) is 11.3 Å². The number of nitrogens with two attached hydrogens (primary N) is 1. The molecule has 6 nitrogen and oxygen atoms in total. The topological polar surface area (TPSA) is 77.4 Å². The number of aromatic nitrogens is 2. The second-order valence-electron chi connectivity index (χ2n) is 6.77. The minimum Gasteiger partial charge on any atom is -0.378 e. The van der Waals surface area contributed by atoms with Gasteiger partial charge in [-0.3, -0.25) is 0 Å². The van der Waals surface area contributed by atoms with Crippen LogP contribution in [0.5, 0.6) is 0 Å². The van der Waals surface area contributed by atoms with Crippen LogP contribution in [0.4, 0.5) is 5.95 Å². The average molecular weight is 296 g/mol. The number of rotatable bonds is 6. The van der Waals surface area contributed by atoms with Crippen LogP contribution >= 0.6 is 0 Å². The first-order valence-electron chi connectivity index (χ1n) is 7.86. The van der Waals surface area contributed by atoms with Crippen molar-refractivity contribution in [3.05, 3.63) is 5.89 Å². The summed E-state index contributed by atoms with van der Waals surface area (Å²) in [7, 11) is 0. The van der Waals surface area contributed by atoms with E-state index in [4.69, 9.17) is 15.0 Å². The summed E-state index contributed by atoms with van der Waals surface area (Å²) in [5.41, 5.74) is 5.98. The molecule has 0 aliphatic carbocycles. The third kappa shape index (κ3) is 4.68. The van der Waals surface area contributed by atoms with Gasteiger partial charge in [-0.1, -0.05) is 20.8 Å². The third-order valence-electron chi connectivity index (χ3n) is 4.20. The molecule has 2 rings (SSSR count). The molecule has 1 aliphatic rings. The molecule has 6 heteroatoms. The Morgan fingerprint density at radius 1 is 1.24 bits per heavy atom. The number of morpholine rings is 1. The van der Waals surface area contributed by atoms with E-state index in [2.05, 4.69) is 35.8 Å². The highest BCUT2D eigenvalue weighted by atomic mass is 16.5. The molecule has 0 spiro atoms. The SMILES string of the molecule is CC(C)(C)C(CCN)CCc1nc(N2CCOCC2)no1. The highest BCUT2D eigenvalue weighted by Gasteiger charge is 2.25. The lowest BCUT2D eigenvalue weighted by Crippen LogP contribution is -2.36. The van der Waals surface area contributed by atoms with Gasteiger partial charge in [-0.15, -0.1) is 0 Å². The predicted molar refractivity (Wildman–Crippen MR) is 82.3 cm³/mol. The van der Waals surface area contributed by atoms with Crippen LogP contribution in [0.2, 0.25) is 0 Å². The first-order valence-corrected chi connectivity index (χ1v) is 7.86. The van der Waals surface area contributed by atoms with Gasteiger partial charge in [0.15, 0.2) is 0 Å². The van der Waals surface area contributed by atoms with Crippen LogP contribution in [0.1, 0.15) is 39.5 Å². The van der Waals surface area contributed by atoms with Crippen LogP contribution in [0.3, 0.4) is 0 Å². The second kappa shape index (κ2) is 7.22. The van der Waals surface area contributed by atoms with Gasteiger partial charge >= 0.3 is 0 Å². The van der Waals surface area contributed by atoms with Crippen LogP contribution in [-0.2, 0) is 11.2 Å². The molecule has 2 heterocycles. The van der Waals surface area contributed by atoms with Gasteiger partial charge in [-0.05, 0) is 35.9 Å². The lowest BCUT2D eigenvalue weighted by molar-refractivity contribution is 0.121. The lowest BCUT2D eigenvalue weighted by atomic mass is 9.76. The third-order valence-corrected chi connectivity index (χ3v) is 4.20. The first kappa shape index (κ1) is 16.2. The summed E-state index contributed by atoms with van der Waals surface area (Å²) in [5.74, 6) is 1.99. The number of hydrogen-bond acceptors (Lipinski definition) is 6. The molecule has 1 aliphatic heterocycles. The standard InChI is InChI=1S/C15H28N4O2/c1-15(2,3)12(6-7-16)4-5-13-17-14(18-21-13)19-8-10-20-11-9-19/h12H,4-11,16H2,1-3H3. The highest BCUT2D eigenvalue weighted by molar-refractivity contribution is 5.27. The van der Waals surface area contributed by atoms with Gasteiger partial charge in [0.1, 0.15) is 0 Å². The average Bonchev–Trinajstić information content (AvgIpc) is 2.92. The summed E-state index contributed by atoms with van der Waals surface area (Å²) in [4.78, 5) is 6.62. The van der Waals surface area contributed by atoms with Crippen molar-refractivity contribution < 1.29 is 9.26 Å². The van der Waals surface area contributed by atoms with Gasteiger partial charge in [0, 0.05) is 19.5 Å². The zero-order valence-electron chi connectivity index (χ0n) is 13.5. The van der Waals surface area contributed by atoms with Crippen molar-refractivity contribution in [1.29, 1.82) is 0 Å². The fourth-order valence-corrected chi connectivity index (χ4v) is 2.75. The Hall–Kier alpha value is -1.14. The summed E-state index contributed by atoms with van der Waals surface area (Å²) < 4.78 is 10.7. The maximum Gasteiger partial charge on any atom is 0.266 e. The van der Waals surface area contributed by atoms with Crippen molar-refractivity contribution in [1.82, 2.24) is 10.1 Å². The Morgan fingerprint density at radius 3 is 2.57 bits per heavy atom. The first-order chi connectivity index (χ1) is 10.0. The Bertz CT molecular complexity index is 422. The molecule has 21 heavy (non-hydrogen) atoms. The van der Waals surface area contributed by atoms with E-state index in [9.17, 15) is 0 Å². The Balaban J connectivity index is 1.89. The quantitative estimate of drug-likeness (QED) is 0.863. The fraction of sp³-hybridized carbons (Fsp3) is 0.867. The molecule has 0 amide bonds. The van der Waals surface area contributed by atoms with Crippen molar-refractivity contribution in [2.24, 2.45) is 17.1 Å². The van der Waals surface area contributed by atoms with E-state index in [-0.39, 0.29) is 5.41 Å². The molecule has 0 saturated carbocycles. The number of hydrogen-bond donors (Lipinski definition) is 1. The molecule has 1 saturated heterocycles. The fourth-order valence-electron chi connectivity index (χ4n) is 2.75. The van der Waals surface area contributed by atoms with Crippen molar-refractivity contribution in [3.63, 3.8) is 0 Å². The molecular weight excluding hydrogens is 268 g/mol. The van der Waals surface area contributed by atoms with Crippen molar-refractivity contribution >= 4 is 5.95 Å². The van der Waals surface area contributed by atoms with Crippen LogP contribution in [0.15, 0.2) is 4.52 Å². The van der Waals surface area contributed by atoms with Crippen LogP contribution < -0.4 is 10.6 Å². The Kier molecular flexibility index (Phi) is 5.58. The minimum atomic E-state index is 0.256. The van der Waals surface area contributed by atoms with Gasteiger partial charge in [0.25, 0.3) is 5.95 Å². The maximum atomic E-state index is 5.73. The van der Waals surface area contributed by atoms with Gasteiger partial charge in [-0.2, -0.15) is 4.98 Å². The molecule has 120 valence electrons. The summed E-state index contributed by atoms with van der Waals surface area (Å²) in [6.45, 7) is 10.6. The maximum absolute atomic E-state index is 5.73. The Labute approximate surface area is 127 Å². The second-order valence-corrected chi connectivity index (χ2v) is 6.77. The summed E-state index contributed by atoms with van der Waals surface area (Å²) in [6.07, 6.45) is 2.89. The number of ether oxygens (including phenoxy) is 1. The van der Waals surface area contributed by atoms with E-state index >= 15 is 0 Å². The monoisotopic (exact) mass is 296 g/mol. The molecule has 1 atom stereocenters. The molecule has 0 bridgehead atoms. The molecule has 1 aromatic rings. The summed E-state index contributed by atoms with van der Waals surface area (Å²) in [6, 6.07) is 0. The Morgan fingerprint density at radius 2 is 1.95 bits per heavy atom. The van der Waals surface area contributed by atoms with Crippen molar-refractivity contribution in [2.45, 2.75) is 40.0 Å². The van der Waals surface area contributed by atoms with Gasteiger partial charge in [0.2, 0.25) is 5.89 Å². The van der Waals surface area contributed by atoms with E-state index in [1.807, 2.05) is 0 Å². The van der Waals surface area contributed by atoms with Gasteiger partial charge in [-0.25, -0.2) is 0 Å². The normalized spacial score (nSPS) is 18.0. The van der Waals surface area contributed by atoms with E-state index in [0.717, 1.165) is 58.0 Å². The summed E-state index contributed by atoms with van der Waals surface area (Å²) >= 11 is 0. The largest absolute Gasteiger partial charge is 0.378 e. The zero-order valence-corrected chi connectivity index (χ0v) is 13.5. The molecule has 2 N–H and O–H groups in total. The summed E-state index contributed by atoms with van der Waals surface area (Å²) in [5, 5.41) is 4.09. The van der Waals surface area contributed by atoms with Crippen LogP contribution in [-0.4, -0.2) is 43.0 Å². The lowest BCUT2D eigenvalue weighted by Gasteiger charge is -2.30. The van der Waals surface area contributed by atoms with E-state index in [1.165, 1.54) is 0 Å². The smallest absolute Gasteiger partial charge is 0.266 e. The number of anilines is 1. The minimum absolute atomic E-state index is 0.256. The van der Waals surface area contributed by atoms with Crippen LogP contribution in [0.25, 0.3) is 0 Å². The van der Waals surface area contributed by atoms with Crippen molar-refractivity contribution in [3.8, 4) is 0 Å². The van der Waals surface area contributed by atoms with Crippen molar-refractivity contribution in [2.75, 3.05) is 37.7 Å². The van der Waals surface area contributed by atoms with Gasteiger partial charge < -0.3 is 19.9 Å². The molecule has 1 aromatic heterocycles. The van der Waals surface area contributed by atoms with E-state index in [0.29, 0.717) is 11.9 Å². The predicted octanol–water partition coefficient (Wildman–Crippen LogP) is 1.85. The van der Waals surface area contributed by atoms with Gasteiger partial charge in [0.05, 0.1) is 13.2 Å². The number of nitrogens with zero attached hydrogens (tertiary/aromatic N) is 3. The molecule has 0 aromatic carbocycles. The highest BCUT2D eigenvalue weighted by Crippen LogP contribution is 2.32. The zero-order chi connectivity index (χ0) is 15.3. The molecular formula is C15H28N4O2. The molecule has 1 unspecified atom stereocenters. The molecule has 0 radical (unpaired) electrons.